The Labute approximate surface area is 121 Å². The molecule has 1 amide bonds. The van der Waals surface area contributed by atoms with Crippen LogP contribution in [0.3, 0.4) is 0 Å². The second kappa shape index (κ2) is 7.62. The fraction of sp³-hybridized carbons (Fsp3) is 0.867. The third kappa shape index (κ3) is 5.90. The van der Waals surface area contributed by atoms with E-state index in [-0.39, 0.29) is 18.9 Å². The molecule has 0 aromatic heterocycles. The molecule has 0 saturated carbocycles. The number of rotatable bonds is 9. The second-order valence-electron chi connectivity index (χ2n) is 6.34. The van der Waals surface area contributed by atoms with Gasteiger partial charge >= 0.3 is 5.97 Å². The van der Waals surface area contributed by atoms with Crippen molar-refractivity contribution in [2.24, 2.45) is 11.3 Å². The summed E-state index contributed by atoms with van der Waals surface area (Å²) in [7, 11) is 0. The van der Waals surface area contributed by atoms with Crippen LogP contribution in [-0.4, -0.2) is 34.2 Å². The van der Waals surface area contributed by atoms with Gasteiger partial charge in [0.1, 0.15) is 0 Å². The first-order valence-corrected chi connectivity index (χ1v) is 7.31. The van der Waals surface area contributed by atoms with Gasteiger partial charge in [-0.3, -0.25) is 9.59 Å². The Balaban J connectivity index is 4.53. The van der Waals surface area contributed by atoms with Gasteiger partial charge in [-0.2, -0.15) is 0 Å². The summed E-state index contributed by atoms with van der Waals surface area (Å²) in [5, 5.41) is 22.1. The Morgan fingerprint density at radius 3 is 2.05 bits per heavy atom. The van der Waals surface area contributed by atoms with Gasteiger partial charge in [-0.25, -0.2) is 0 Å². The Bertz CT molecular complexity index is 333. The molecular formula is C15H29NO4. The van der Waals surface area contributed by atoms with Crippen molar-refractivity contribution < 1.29 is 19.8 Å². The van der Waals surface area contributed by atoms with Crippen molar-refractivity contribution in [1.82, 2.24) is 5.32 Å². The van der Waals surface area contributed by atoms with E-state index in [2.05, 4.69) is 5.32 Å². The van der Waals surface area contributed by atoms with Crippen molar-refractivity contribution in [3.63, 3.8) is 0 Å². The molecule has 20 heavy (non-hydrogen) atoms. The zero-order valence-electron chi connectivity index (χ0n) is 13.3. The van der Waals surface area contributed by atoms with Gasteiger partial charge < -0.3 is 15.5 Å². The van der Waals surface area contributed by atoms with Gasteiger partial charge in [-0.1, -0.05) is 27.7 Å². The van der Waals surface area contributed by atoms with E-state index in [0.717, 1.165) is 0 Å². The van der Waals surface area contributed by atoms with Crippen molar-refractivity contribution in [2.45, 2.75) is 65.9 Å². The van der Waals surface area contributed by atoms with Crippen molar-refractivity contribution in [3.05, 3.63) is 0 Å². The Hall–Kier alpha value is -1.10. The van der Waals surface area contributed by atoms with Crippen molar-refractivity contribution in [1.29, 1.82) is 0 Å². The molecule has 0 aromatic rings. The fourth-order valence-corrected chi connectivity index (χ4v) is 2.49. The molecule has 0 heterocycles. The van der Waals surface area contributed by atoms with Crippen molar-refractivity contribution in [3.8, 4) is 0 Å². The molecule has 0 aliphatic carbocycles. The number of carboxylic acid groups (broad SMARTS) is 1. The van der Waals surface area contributed by atoms with E-state index >= 15 is 0 Å². The standard InChI is InChI=1S/C15H29NO4/c1-6-15(7-2,13(18)19)9-12(17)16-10-14(5,20)8-11(3)4/h11,20H,6-10H2,1-5H3,(H,16,17)(H,18,19). The SMILES string of the molecule is CCC(CC)(CC(=O)NCC(C)(O)CC(C)C)C(=O)O. The average molecular weight is 287 g/mol. The Morgan fingerprint density at radius 1 is 1.20 bits per heavy atom. The van der Waals surface area contributed by atoms with Gasteiger partial charge in [0.25, 0.3) is 0 Å². The van der Waals surface area contributed by atoms with E-state index in [1.165, 1.54) is 0 Å². The molecule has 5 nitrogen and oxygen atoms in total. The first kappa shape index (κ1) is 18.9. The molecule has 118 valence electrons. The number of hydrogen-bond donors (Lipinski definition) is 3. The summed E-state index contributed by atoms with van der Waals surface area (Å²) < 4.78 is 0. The fourth-order valence-electron chi connectivity index (χ4n) is 2.49. The molecule has 0 spiro atoms. The summed E-state index contributed by atoms with van der Waals surface area (Å²) in [6.07, 6.45) is 1.36. The number of carbonyl (C=O) groups is 2. The summed E-state index contributed by atoms with van der Waals surface area (Å²) in [5.41, 5.74) is -1.97. The lowest BCUT2D eigenvalue weighted by atomic mass is 9.79. The van der Waals surface area contributed by atoms with Gasteiger partial charge in [0, 0.05) is 13.0 Å². The number of carboxylic acids is 1. The van der Waals surface area contributed by atoms with Gasteiger partial charge in [-0.05, 0) is 32.1 Å². The lowest BCUT2D eigenvalue weighted by Gasteiger charge is -2.28. The van der Waals surface area contributed by atoms with Crippen LogP contribution in [0.4, 0.5) is 0 Å². The number of amides is 1. The topological polar surface area (TPSA) is 86.6 Å². The minimum absolute atomic E-state index is 0.0485. The largest absolute Gasteiger partial charge is 0.481 e. The zero-order valence-corrected chi connectivity index (χ0v) is 13.3. The van der Waals surface area contributed by atoms with Crippen LogP contribution in [0.5, 0.6) is 0 Å². The first-order valence-electron chi connectivity index (χ1n) is 7.31. The van der Waals surface area contributed by atoms with Crippen LogP contribution in [0.15, 0.2) is 0 Å². The predicted molar refractivity (Wildman–Crippen MR) is 78.4 cm³/mol. The van der Waals surface area contributed by atoms with Gasteiger partial charge in [0.2, 0.25) is 5.91 Å². The number of aliphatic carboxylic acids is 1. The van der Waals surface area contributed by atoms with Gasteiger partial charge in [0.15, 0.2) is 0 Å². The maximum atomic E-state index is 11.9. The third-order valence-corrected chi connectivity index (χ3v) is 3.82. The van der Waals surface area contributed by atoms with Crippen LogP contribution in [0, 0.1) is 11.3 Å². The minimum Gasteiger partial charge on any atom is -0.481 e. The van der Waals surface area contributed by atoms with Crippen LogP contribution in [0.1, 0.15) is 60.3 Å². The molecule has 0 aliphatic heterocycles. The molecule has 1 unspecified atom stereocenters. The molecule has 0 saturated heterocycles. The number of aliphatic hydroxyl groups is 1. The zero-order chi connectivity index (χ0) is 16.0. The van der Waals surface area contributed by atoms with E-state index in [1.807, 2.05) is 13.8 Å². The van der Waals surface area contributed by atoms with Crippen LogP contribution >= 0.6 is 0 Å². The summed E-state index contributed by atoms with van der Waals surface area (Å²) in [4.78, 5) is 23.3. The van der Waals surface area contributed by atoms with E-state index in [9.17, 15) is 19.8 Å². The average Bonchev–Trinajstić information content (AvgIpc) is 2.32. The highest BCUT2D eigenvalue weighted by molar-refractivity contribution is 5.84. The Kier molecular flexibility index (Phi) is 7.20. The molecular weight excluding hydrogens is 258 g/mol. The molecule has 0 bridgehead atoms. The van der Waals surface area contributed by atoms with Crippen molar-refractivity contribution >= 4 is 11.9 Å². The number of carbonyl (C=O) groups excluding carboxylic acids is 1. The van der Waals surface area contributed by atoms with E-state index in [1.54, 1.807) is 20.8 Å². The van der Waals surface area contributed by atoms with Crippen LogP contribution in [0.2, 0.25) is 0 Å². The lowest BCUT2D eigenvalue weighted by molar-refractivity contribution is -0.152. The van der Waals surface area contributed by atoms with Crippen LogP contribution < -0.4 is 5.32 Å². The highest BCUT2D eigenvalue weighted by Crippen LogP contribution is 2.30. The lowest BCUT2D eigenvalue weighted by Crippen LogP contribution is -2.44. The predicted octanol–water partition coefficient (Wildman–Crippen LogP) is 2.18. The summed E-state index contributed by atoms with van der Waals surface area (Å²) in [6.45, 7) is 9.38. The van der Waals surface area contributed by atoms with E-state index in [0.29, 0.717) is 25.2 Å². The third-order valence-electron chi connectivity index (χ3n) is 3.82. The molecule has 0 rings (SSSR count). The Morgan fingerprint density at radius 2 is 1.70 bits per heavy atom. The van der Waals surface area contributed by atoms with Crippen LogP contribution in [0.25, 0.3) is 0 Å². The quantitative estimate of drug-likeness (QED) is 0.606. The van der Waals surface area contributed by atoms with Crippen LogP contribution in [-0.2, 0) is 9.59 Å². The van der Waals surface area contributed by atoms with Gasteiger partial charge in [-0.15, -0.1) is 0 Å². The minimum atomic E-state index is -1.01. The molecule has 0 aromatic carbocycles. The second-order valence-corrected chi connectivity index (χ2v) is 6.34. The summed E-state index contributed by atoms with van der Waals surface area (Å²) in [5.74, 6) is -0.932. The van der Waals surface area contributed by atoms with E-state index in [4.69, 9.17) is 0 Å². The summed E-state index contributed by atoms with van der Waals surface area (Å²) in [6, 6.07) is 0. The van der Waals surface area contributed by atoms with E-state index < -0.39 is 17.0 Å². The summed E-state index contributed by atoms with van der Waals surface area (Å²) >= 11 is 0. The molecule has 0 aliphatic rings. The van der Waals surface area contributed by atoms with Crippen molar-refractivity contribution in [2.75, 3.05) is 6.54 Å². The monoisotopic (exact) mass is 287 g/mol. The molecule has 3 N–H and O–H groups in total. The smallest absolute Gasteiger partial charge is 0.310 e. The molecule has 1 atom stereocenters. The highest BCUT2D eigenvalue weighted by atomic mass is 16.4. The normalized spacial score (nSPS) is 14.9. The molecule has 0 radical (unpaired) electrons. The molecule has 5 heteroatoms. The maximum absolute atomic E-state index is 11.9. The number of hydrogen-bond acceptors (Lipinski definition) is 3. The maximum Gasteiger partial charge on any atom is 0.310 e. The number of nitrogens with one attached hydrogen (secondary N) is 1. The highest BCUT2D eigenvalue weighted by Gasteiger charge is 2.37. The molecule has 0 fully saturated rings. The van der Waals surface area contributed by atoms with Gasteiger partial charge in [0.05, 0.1) is 11.0 Å². The first-order chi connectivity index (χ1) is 9.08.